The van der Waals surface area contributed by atoms with E-state index in [-0.39, 0.29) is 0 Å². The number of rotatable bonds is 8. The number of hydrogen-bond acceptors (Lipinski definition) is 2. The molecule has 0 unspecified atom stereocenters. The molecule has 1 N–H and O–H groups in total. The number of hydrogen-bond donors (Lipinski definition) is 1. The van der Waals surface area contributed by atoms with Gasteiger partial charge in [0.15, 0.2) is 0 Å². The second-order valence-corrected chi connectivity index (χ2v) is 7.91. The molecule has 0 heterocycles. The fourth-order valence-electron chi connectivity index (χ4n) is 3.64. The zero-order valence-corrected chi connectivity index (χ0v) is 14.8. The first kappa shape index (κ1) is 18.0. The zero-order valence-electron chi connectivity index (χ0n) is 14.8. The second-order valence-electron chi connectivity index (χ2n) is 7.91. The number of nitrogens with one attached hydrogen (secondary N) is 1. The molecule has 0 bridgehead atoms. The molecule has 0 saturated heterocycles. The summed E-state index contributed by atoms with van der Waals surface area (Å²) in [7, 11) is 2.32. The average Bonchev–Trinajstić information content (AvgIpc) is 2.36. The molecule has 0 amide bonds. The molecular formula is C18H38N2. The van der Waals surface area contributed by atoms with Crippen molar-refractivity contribution in [1.29, 1.82) is 0 Å². The summed E-state index contributed by atoms with van der Waals surface area (Å²) in [4.78, 5) is 2.60. The van der Waals surface area contributed by atoms with Gasteiger partial charge in [-0.15, -0.1) is 0 Å². The van der Waals surface area contributed by atoms with Gasteiger partial charge in [-0.05, 0) is 63.5 Å². The monoisotopic (exact) mass is 282 g/mol. The van der Waals surface area contributed by atoms with E-state index in [0.29, 0.717) is 6.04 Å². The van der Waals surface area contributed by atoms with Crippen LogP contribution >= 0.6 is 0 Å². The predicted octanol–water partition coefficient (Wildman–Crippen LogP) is 4.16. The lowest BCUT2D eigenvalue weighted by Crippen LogP contribution is -2.37. The minimum atomic E-state index is 0.623. The third kappa shape index (κ3) is 7.08. The Kier molecular flexibility index (Phi) is 8.13. The summed E-state index contributed by atoms with van der Waals surface area (Å²) in [5.74, 6) is 2.59. The SMILES string of the molecule is CC(C)CN(C)C1CCC(C[C@@H](C)CNC(C)C)CC1. The van der Waals surface area contributed by atoms with Gasteiger partial charge in [-0.25, -0.2) is 0 Å². The van der Waals surface area contributed by atoms with Crippen LogP contribution in [-0.2, 0) is 0 Å². The molecule has 1 saturated carbocycles. The van der Waals surface area contributed by atoms with E-state index in [1.807, 2.05) is 0 Å². The first-order chi connectivity index (χ1) is 9.38. The molecule has 120 valence electrons. The molecule has 2 nitrogen and oxygen atoms in total. The molecule has 2 heteroatoms. The second kappa shape index (κ2) is 9.04. The van der Waals surface area contributed by atoms with Crippen LogP contribution < -0.4 is 5.32 Å². The van der Waals surface area contributed by atoms with Gasteiger partial charge in [0.1, 0.15) is 0 Å². The Labute approximate surface area is 127 Å². The van der Waals surface area contributed by atoms with E-state index in [9.17, 15) is 0 Å². The summed E-state index contributed by atoms with van der Waals surface area (Å²) in [6.07, 6.45) is 7.13. The third-order valence-corrected chi connectivity index (χ3v) is 4.70. The van der Waals surface area contributed by atoms with E-state index in [4.69, 9.17) is 0 Å². The number of nitrogens with zero attached hydrogens (tertiary/aromatic N) is 1. The molecule has 0 aromatic heterocycles. The van der Waals surface area contributed by atoms with Crippen LogP contribution in [0.15, 0.2) is 0 Å². The van der Waals surface area contributed by atoms with Gasteiger partial charge in [0.2, 0.25) is 0 Å². The van der Waals surface area contributed by atoms with Crippen LogP contribution in [0.1, 0.15) is 66.7 Å². The highest BCUT2D eigenvalue weighted by molar-refractivity contribution is 4.80. The maximum Gasteiger partial charge on any atom is 0.00925 e. The smallest absolute Gasteiger partial charge is 0.00925 e. The van der Waals surface area contributed by atoms with Gasteiger partial charge in [0, 0.05) is 18.6 Å². The Morgan fingerprint density at radius 1 is 1.00 bits per heavy atom. The molecule has 0 aliphatic heterocycles. The van der Waals surface area contributed by atoms with Crippen LogP contribution in [0.25, 0.3) is 0 Å². The lowest BCUT2D eigenvalue weighted by Gasteiger charge is -2.36. The molecule has 20 heavy (non-hydrogen) atoms. The minimum absolute atomic E-state index is 0.623. The normalized spacial score (nSPS) is 25.6. The maximum absolute atomic E-state index is 3.58. The van der Waals surface area contributed by atoms with Crippen LogP contribution in [0.4, 0.5) is 0 Å². The van der Waals surface area contributed by atoms with Crippen molar-refractivity contribution in [1.82, 2.24) is 10.2 Å². The third-order valence-electron chi connectivity index (χ3n) is 4.70. The highest BCUT2D eigenvalue weighted by Crippen LogP contribution is 2.31. The van der Waals surface area contributed by atoms with Crippen molar-refractivity contribution >= 4 is 0 Å². The highest BCUT2D eigenvalue weighted by Gasteiger charge is 2.25. The lowest BCUT2D eigenvalue weighted by atomic mass is 9.80. The van der Waals surface area contributed by atoms with Gasteiger partial charge in [-0.3, -0.25) is 0 Å². The van der Waals surface area contributed by atoms with Crippen molar-refractivity contribution in [3.63, 3.8) is 0 Å². The molecule has 0 radical (unpaired) electrons. The van der Waals surface area contributed by atoms with Crippen molar-refractivity contribution in [2.45, 2.75) is 78.8 Å². The molecule has 0 aromatic rings. The van der Waals surface area contributed by atoms with Gasteiger partial charge in [0.25, 0.3) is 0 Å². The van der Waals surface area contributed by atoms with Crippen LogP contribution in [0.3, 0.4) is 0 Å². The van der Waals surface area contributed by atoms with E-state index in [0.717, 1.165) is 23.8 Å². The van der Waals surface area contributed by atoms with E-state index >= 15 is 0 Å². The van der Waals surface area contributed by atoms with Gasteiger partial charge < -0.3 is 10.2 Å². The van der Waals surface area contributed by atoms with Gasteiger partial charge in [0.05, 0.1) is 0 Å². The Morgan fingerprint density at radius 3 is 2.10 bits per heavy atom. The predicted molar refractivity (Wildman–Crippen MR) is 90.1 cm³/mol. The van der Waals surface area contributed by atoms with Crippen LogP contribution in [-0.4, -0.2) is 37.1 Å². The fourth-order valence-corrected chi connectivity index (χ4v) is 3.64. The Balaban J connectivity index is 2.21. The summed E-state index contributed by atoms with van der Waals surface area (Å²) >= 11 is 0. The summed E-state index contributed by atoms with van der Waals surface area (Å²) in [5, 5.41) is 3.58. The quantitative estimate of drug-likeness (QED) is 0.719. The molecule has 1 aliphatic carbocycles. The summed E-state index contributed by atoms with van der Waals surface area (Å²) in [6.45, 7) is 14.0. The lowest BCUT2D eigenvalue weighted by molar-refractivity contribution is 0.143. The summed E-state index contributed by atoms with van der Waals surface area (Å²) in [6, 6.07) is 1.47. The van der Waals surface area contributed by atoms with Crippen molar-refractivity contribution in [3.05, 3.63) is 0 Å². The van der Waals surface area contributed by atoms with Crippen molar-refractivity contribution in [3.8, 4) is 0 Å². The maximum atomic E-state index is 3.58. The van der Waals surface area contributed by atoms with E-state index in [2.05, 4.69) is 51.9 Å². The molecule has 1 rings (SSSR count). The van der Waals surface area contributed by atoms with Gasteiger partial charge >= 0.3 is 0 Å². The van der Waals surface area contributed by atoms with E-state index in [1.54, 1.807) is 0 Å². The van der Waals surface area contributed by atoms with Crippen molar-refractivity contribution in [2.75, 3.05) is 20.1 Å². The first-order valence-corrected chi connectivity index (χ1v) is 8.82. The fraction of sp³-hybridized carbons (Fsp3) is 1.00. The molecular weight excluding hydrogens is 244 g/mol. The van der Waals surface area contributed by atoms with Crippen LogP contribution in [0.2, 0.25) is 0 Å². The highest BCUT2D eigenvalue weighted by atomic mass is 15.1. The summed E-state index contributed by atoms with van der Waals surface area (Å²) < 4.78 is 0. The Morgan fingerprint density at radius 2 is 1.60 bits per heavy atom. The Hall–Kier alpha value is -0.0800. The zero-order chi connectivity index (χ0) is 15.1. The van der Waals surface area contributed by atoms with Crippen LogP contribution in [0.5, 0.6) is 0 Å². The molecule has 1 fully saturated rings. The Bertz CT molecular complexity index is 242. The standard InChI is InChI=1S/C18H38N2/c1-14(2)13-20(6)18-9-7-17(8-10-18)11-16(5)12-19-15(3)4/h14-19H,7-13H2,1-6H3/t16-,17?,18?/m1/s1. The molecule has 1 atom stereocenters. The molecule has 0 aromatic carbocycles. The van der Waals surface area contributed by atoms with Crippen molar-refractivity contribution in [2.24, 2.45) is 17.8 Å². The topological polar surface area (TPSA) is 15.3 Å². The van der Waals surface area contributed by atoms with Crippen LogP contribution in [0, 0.1) is 17.8 Å². The first-order valence-electron chi connectivity index (χ1n) is 8.82. The molecule has 0 spiro atoms. The minimum Gasteiger partial charge on any atom is -0.314 e. The molecule has 1 aliphatic rings. The largest absolute Gasteiger partial charge is 0.314 e. The van der Waals surface area contributed by atoms with E-state index < -0.39 is 0 Å². The van der Waals surface area contributed by atoms with Crippen molar-refractivity contribution < 1.29 is 0 Å². The van der Waals surface area contributed by atoms with Gasteiger partial charge in [-0.1, -0.05) is 34.6 Å². The average molecular weight is 283 g/mol. The summed E-state index contributed by atoms with van der Waals surface area (Å²) in [5.41, 5.74) is 0. The van der Waals surface area contributed by atoms with Gasteiger partial charge in [-0.2, -0.15) is 0 Å². The van der Waals surface area contributed by atoms with E-state index in [1.165, 1.54) is 45.2 Å².